The van der Waals surface area contributed by atoms with E-state index in [0.29, 0.717) is 31.9 Å². The van der Waals surface area contributed by atoms with E-state index in [4.69, 9.17) is 11.6 Å². The van der Waals surface area contributed by atoms with E-state index in [0.717, 1.165) is 36.5 Å². The van der Waals surface area contributed by atoms with E-state index >= 15 is 8.78 Å². The number of carbonyl (C=O) groups is 4. The first-order valence-electron chi connectivity index (χ1n) is 18.9. The first kappa shape index (κ1) is 41.0. The Kier molecular flexibility index (Phi) is 11.6. The SMILES string of the molecule is Cc1nn(CC(=O)Nc2ccc(F)nn2)cc1-c1ccc(-c2cnc(C(=O)Nc3ccc(C(=O)N4CCN(C(=O)C5CC[N+](C)(C)CC5)CC4)c(Cl)c3)n2C)c(F)c1F. The van der Waals surface area contributed by atoms with E-state index in [1.165, 1.54) is 65.1 Å². The van der Waals surface area contributed by atoms with Crippen LogP contribution in [0.5, 0.6) is 0 Å². The quantitative estimate of drug-likeness (QED) is 0.201. The molecule has 0 aliphatic carbocycles. The second kappa shape index (κ2) is 16.6. The van der Waals surface area contributed by atoms with Gasteiger partial charge in [-0.3, -0.25) is 23.9 Å². The Morgan fingerprint density at radius 2 is 1.54 bits per heavy atom. The van der Waals surface area contributed by atoms with Gasteiger partial charge in [-0.2, -0.15) is 9.49 Å². The second-order valence-electron chi connectivity index (χ2n) is 15.4. The van der Waals surface area contributed by atoms with Crippen molar-refractivity contribution in [1.29, 1.82) is 0 Å². The number of piperidine rings is 1. The molecule has 2 aliphatic rings. The number of hydrogen-bond acceptors (Lipinski definition) is 8. The van der Waals surface area contributed by atoms with Crippen LogP contribution in [0.1, 0.15) is 39.5 Å². The lowest BCUT2D eigenvalue weighted by Crippen LogP contribution is -2.54. The fourth-order valence-corrected chi connectivity index (χ4v) is 7.69. The molecule has 15 nitrogen and oxygen atoms in total. The Balaban J connectivity index is 0.971. The van der Waals surface area contributed by atoms with Crippen LogP contribution in [-0.2, 0) is 23.2 Å². The van der Waals surface area contributed by atoms with E-state index < -0.39 is 29.4 Å². The molecule has 5 aromatic rings. The van der Waals surface area contributed by atoms with Crippen molar-refractivity contribution in [1.82, 2.24) is 39.3 Å². The molecular formula is C40H42ClF3N11O4+. The molecule has 59 heavy (non-hydrogen) atoms. The van der Waals surface area contributed by atoms with Gasteiger partial charge in [0.2, 0.25) is 17.8 Å². The van der Waals surface area contributed by atoms with Crippen molar-refractivity contribution in [2.45, 2.75) is 26.3 Å². The van der Waals surface area contributed by atoms with Gasteiger partial charge < -0.3 is 29.5 Å². The summed E-state index contributed by atoms with van der Waals surface area (Å²) in [7, 11) is 5.83. The fraction of sp³-hybridized carbons (Fsp3) is 0.350. The third-order valence-corrected chi connectivity index (χ3v) is 11.2. The number of anilines is 2. The molecule has 4 amide bonds. The average molecular weight is 833 g/mol. The summed E-state index contributed by atoms with van der Waals surface area (Å²) in [6.07, 6.45) is 4.36. The van der Waals surface area contributed by atoms with Gasteiger partial charge in [-0.15, -0.1) is 10.2 Å². The number of benzene rings is 2. The fourth-order valence-electron chi connectivity index (χ4n) is 7.43. The third kappa shape index (κ3) is 8.83. The number of nitrogens with one attached hydrogen (secondary N) is 2. The number of halogens is 4. The van der Waals surface area contributed by atoms with Crippen molar-refractivity contribution >= 4 is 46.7 Å². The Hall–Kier alpha value is -6.14. The monoisotopic (exact) mass is 832 g/mol. The molecule has 0 unspecified atom stereocenters. The zero-order valence-corrected chi connectivity index (χ0v) is 33.6. The molecule has 19 heteroatoms. The van der Waals surface area contributed by atoms with Crippen LogP contribution < -0.4 is 10.6 Å². The van der Waals surface area contributed by atoms with E-state index in [9.17, 15) is 23.6 Å². The average Bonchev–Trinajstić information content (AvgIpc) is 3.77. The summed E-state index contributed by atoms with van der Waals surface area (Å²) in [5.41, 5.74) is 0.965. The molecule has 2 aliphatic heterocycles. The van der Waals surface area contributed by atoms with Gasteiger partial charge >= 0.3 is 0 Å². The molecule has 2 fully saturated rings. The van der Waals surface area contributed by atoms with E-state index in [-0.39, 0.29) is 74.6 Å². The minimum atomic E-state index is -1.19. The van der Waals surface area contributed by atoms with Gasteiger partial charge in [0.05, 0.1) is 55.4 Å². The molecule has 2 saturated heterocycles. The van der Waals surface area contributed by atoms with E-state index in [1.54, 1.807) is 11.8 Å². The van der Waals surface area contributed by atoms with E-state index in [1.807, 2.05) is 4.90 Å². The number of quaternary nitrogens is 1. The lowest BCUT2D eigenvalue weighted by molar-refractivity contribution is -0.895. The highest BCUT2D eigenvalue weighted by atomic mass is 35.5. The predicted octanol–water partition coefficient (Wildman–Crippen LogP) is 4.78. The molecule has 3 aromatic heterocycles. The van der Waals surface area contributed by atoms with Crippen molar-refractivity contribution in [2.75, 3.05) is 64.0 Å². The molecule has 2 aromatic carbocycles. The molecule has 5 heterocycles. The number of rotatable bonds is 9. The highest BCUT2D eigenvalue weighted by Crippen LogP contribution is 2.33. The first-order chi connectivity index (χ1) is 28.1. The van der Waals surface area contributed by atoms with Crippen LogP contribution in [0.15, 0.2) is 54.9 Å². The van der Waals surface area contributed by atoms with Gasteiger partial charge in [-0.25, -0.2) is 13.8 Å². The summed E-state index contributed by atoms with van der Waals surface area (Å²) in [5, 5.41) is 16.3. The minimum absolute atomic E-state index is 0.0192. The van der Waals surface area contributed by atoms with Gasteiger partial charge in [0.25, 0.3) is 11.8 Å². The van der Waals surface area contributed by atoms with Crippen molar-refractivity contribution in [2.24, 2.45) is 13.0 Å². The highest BCUT2D eigenvalue weighted by Gasteiger charge is 2.35. The van der Waals surface area contributed by atoms with Crippen LogP contribution in [0.2, 0.25) is 5.02 Å². The Labute approximate surface area is 342 Å². The maximum absolute atomic E-state index is 15.7. The van der Waals surface area contributed by atoms with E-state index in [2.05, 4.69) is 45.0 Å². The van der Waals surface area contributed by atoms with Gasteiger partial charge in [0.1, 0.15) is 6.54 Å². The predicted molar refractivity (Wildman–Crippen MR) is 212 cm³/mol. The lowest BCUT2D eigenvalue weighted by Gasteiger charge is -2.40. The number of piperazine rings is 1. The molecule has 2 N–H and O–H groups in total. The van der Waals surface area contributed by atoms with Crippen LogP contribution in [0, 0.1) is 30.4 Å². The number of imidazole rings is 1. The number of likely N-dealkylation sites (tertiary alicyclic amines) is 1. The minimum Gasteiger partial charge on any atom is -0.339 e. The highest BCUT2D eigenvalue weighted by molar-refractivity contribution is 6.34. The van der Waals surface area contributed by atoms with Crippen molar-refractivity contribution in [3.63, 3.8) is 0 Å². The largest absolute Gasteiger partial charge is 0.339 e. The van der Waals surface area contributed by atoms with Crippen molar-refractivity contribution in [3.8, 4) is 22.4 Å². The Bertz CT molecular complexity index is 2440. The van der Waals surface area contributed by atoms with Gasteiger partial charge in [-0.1, -0.05) is 17.7 Å². The topological polar surface area (TPSA) is 160 Å². The van der Waals surface area contributed by atoms with Gasteiger partial charge in [0, 0.05) is 80.6 Å². The van der Waals surface area contributed by atoms with Crippen LogP contribution in [-0.4, -0.2) is 121 Å². The number of amides is 4. The zero-order valence-electron chi connectivity index (χ0n) is 32.8. The van der Waals surface area contributed by atoms with Gasteiger partial charge in [-0.05, 0) is 43.3 Å². The molecule has 0 atom stereocenters. The summed E-state index contributed by atoms with van der Waals surface area (Å²) in [6.45, 7) is 4.86. The van der Waals surface area contributed by atoms with Crippen LogP contribution >= 0.6 is 11.6 Å². The summed E-state index contributed by atoms with van der Waals surface area (Å²) in [6, 6.07) is 9.50. The Morgan fingerprint density at radius 1 is 0.864 bits per heavy atom. The molecule has 0 radical (unpaired) electrons. The van der Waals surface area contributed by atoms with Crippen LogP contribution in [0.4, 0.5) is 24.7 Å². The summed E-state index contributed by atoms with van der Waals surface area (Å²) >= 11 is 6.55. The number of aryl methyl sites for hydroxylation is 1. The summed E-state index contributed by atoms with van der Waals surface area (Å²) in [5.74, 6) is -4.57. The maximum atomic E-state index is 15.7. The molecular weight excluding hydrogens is 791 g/mol. The lowest BCUT2D eigenvalue weighted by atomic mass is 9.94. The summed E-state index contributed by atoms with van der Waals surface area (Å²) in [4.78, 5) is 60.1. The first-order valence-corrected chi connectivity index (χ1v) is 19.3. The number of carbonyl (C=O) groups excluding carboxylic acids is 4. The number of hydrogen-bond donors (Lipinski definition) is 2. The number of aromatic nitrogens is 6. The normalized spacial score (nSPS) is 15.6. The third-order valence-electron chi connectivity index (χ3n) is 10.8. The number of nitrogens with zero attached hydrogens (tertiary/aromatic N) is 9. The smallest absolute Gasteiger partial charge is 0.291 e. The molecule has 308 valence electrons. The van der Waals surface area contributed by atoms with Crippen LogP contribution in [0.25, 0.3) is 22.4 Å². The Morgan fingerprint density at radius 3 is 2.22 bits per heavy atom. The maximum Gasteiger partial charge on any atom is 0.291 e. The standard InChI is InChI=1S/C40H41ClF3N11O4/c1-23-29(21-54(50-23)22-34(56)47-33-10-9-32(42)48-49-33)26-7-8-28(36(44)35(26)43)31-20-45-37(51(31)2)38(57)46-25-5-6-27(30(41)19-25)40(59)53-15-13-52(14-16-53)39(58)24-11-17-55(3,4)18-12-24/h5-10,19-21,24H,11-18,22H2,1-4H3,(H-,46,47,49,56,57,59)/p+1. The molecule has 7 rings (SSSR count). The van der Waals surface area contributed by atoms with Gasteiger partial charge in [0.15, 0.2) is 23.3 Å². The molecule has 0 saturated carbocycles. The van der Waals surface area contributed by atoms with Crippen molar-refractivity contribution in [3.05, 3.63) is 94.5 Å². The zero-order chi connectivity index (χ0) is 42.2. The molecule has 0 spiro atoms. The van der Waals surface area contributed by atoms with Crippen LogP contribution in [0.3, 0.4) is 0 Å². The second-order valence-corrected chi connectivity index (χ2v) is 15.8. The van der Waals surface area contributed by atoms with Crippen molar-refractivity contribution < 1.29 is 36.8 Å². The summed E-state index contributed by atoms with van der Waals surface area (Å²) < 4.78 is 47.9. The molecule has 0 bridgehead atoms.